The van der Waals surface area contributed by atoms with Crippen LogP contribution in [0.15, 0.2) is 48.5 Å². The number of carbonyl (C=O) groups excluding carboxylic acids is 1. The number of benzene rings is 2. The third-order valence-electron chi connectivity index (χ3n) is 5.47. The molecule has 0 spiro atoms. The van der Waals surface area contributed by atoms with Gasteiger partial charge in [0.15, 0.2) is 11.5 Å². The maximum atomic E-state index is 13.1. The standard InChI is InChI=1S/C23H23N3O3.2ClH/c27-23(25-16-7-9-24-10-8-16)18-14-20(26-19-4-2-1-3-17(18)19)15-5-6-21-22(13-15)29-12-11-28-21;;/h1-6,13-14,16,24H,7-12H2,(H,25,27);2*1H. The zero-order valence-electron chi connectivity index (χ0n) is 16.9. The third-order valence-corrected chi connectivity index (χ3v) is 5.47. The van der Waals surface area contributed by atoms with E-state index in [0.29, 0.717) is 24.5 Å². The lowest BCUT2D eigenvalue weighted by molar-refractivity contribution is 0.0931. The highest BCUT2D eigenvalue weighted by Crippen LogP contribution is 2.35. The maximum absolute atomic E-state index is 13.1. The van der Waals surface area contributed by atoms with Gasteiger partial charge in [-0.2, -0.15) is 0 Å². The summed E-state index contributed by atoms with van der Waals surface area (Å²) in [6.07, 6.45) is 1.90. The number of nitrogens with zero attached hydrogens (tertiary/aromatic N) is 1. The Kier molecular flexibility index (Phi) is 7.59. The lowest BCUT2D eigenvalue weighted by atomic mass is 10.0. The van der Waals surface area contributed by atoms with Crippen LogP contribution in [0, 0.1) is 0 Å². The van der Waals surface area contributed by atoms with E-state index >= 15 is 0 Å². The van der Waals surface area contributed by atoms with Gasteiger partial charge in [-0.1, -0.05) is 18.2 Å². The van der Waals surface area contributed by atoms with Gasteiger partial charge < -0.3 is 20.1 Å². The van der Waals surface area contributed by atoms with Crippen LogP contribution in [-0.2, 0) is 0 Å². The van der Waals surface area contributed by atoms with Crippen molar-refractivity contribution in [3.63, 3.8) is 0 Å². The number of hydrogen-bond acceptors (Lipinski definition) is 5. The molecule has 5 rings (SSSR count). The van der Waals surface area contributed by atoms with Crippen LogP contribution in [-0.4, -0.2) is 43.2 Å². The zero-order chi connectivity index (χ0) is 19.6. The second kappa shape index (κ2) is 10.2. The average molecular weight is 462 g/mol. The van der Waals surface area contributed by atoms with Crippen molar-refractivity contribution in [2.45, 2.75) is 18.9 Å². The van der Waals surface area contributed by atoms with Crippen molar-refractivity contribution in [3.8, 4) is 22.8 Å². The quantitative estimate of drug-likeness (QED) is 0.616. The summed E-state index contributed by atoms with van der Waals surface area (Å²) in [7, 11) is 0. The average Bonchev–Trinajstić information content (AvgIpc) is 2.78. The molecule has 0 atom stereocenters. The predicted molar refractivity (Wildman–Crippen MR) is 126 cm³/mol. The van der Waals surface area contributed by atoms with Gasteiger partial charge in [0.2, 0.25) is 0 Å². The molecule has 2 aromatic carbocycles. The number of hydrogen-bond donors (Lipinski definition) is 2. The summed E-state index contributed by atoms with van der Waals surface area (Å²) in [4.78, 5) is 17.9. The van der Waals surface area contributed by atoms with Crippen molar-refractivity contribution >= 4 is 41.6 Å². The lowest BCUT2D eigenvalue weighted by Crippen LogP contribution is -2.42. The predicted octanol–water partition coefficient (Wildman–Crippen LogP) is 4.00. The summed E-state index contributed by atoms with van der Waals surface area (Å²) in [5, 5.41) is 7.40. The Morgan fingerprint density at radius 1 is 0.968 bits per heavy atom. The highest BCUT2D eigenvalue weighted by molar-refractivity contribution is 6.07. The molecule has 1 amide bonds. The molecule has 0 radical (unpaired) electrons. The van der Waals surface area contributed by atoms with Crippen molar-refractivity contribution in [3.05, 3.63) is 54.1 Å². The summed E-state index contributed by atoms with van der Waals surface area (Å²) in [5.41, 5.74) is 3.10. The molecule has 2 aliphatic heterocycles. The van der Waals surface area contributed by atoms with Crippen LogP contribution in [0.2, 0.25) is 0 Å². The molecule has 6 nitrogen and oxygen atoms in total. The molecule has 3 aromatic rings. The van der Waals surface area contributed by atoms with Crippen molar-refractivity contribution in [1.82, 2.24) is 15.6 Å². The molecule has 1 fully saturated rings. The van der Waals surface area contributed by atoms with E-state index in [9.17, 15) is 4.79 Å². The van der Waals surface area contributed by atoms with Crippen LogP contribution in [0.5, 0.6) is 11.5 Å². The Hall–Kier alpha value is -2.54. The third kappa shape index (κ3) is 4.87. The number of halogens is 2. The number of para-hydroxylation sites is 1. The van der Waals surface area contributed by atoms with Gasteiger partial charge in [-0.15, -0.1) is 24.8 Å². The normalized spacial score (nSPS) is 15.5. The van der Waals surface area contributed by atoms with Crippen molar-refractivity contribution in [2.75, 3.05) is 26.3 Å². The Balaban J connectivity index is 0.00000136. The molecule has 0 aliphatic carbocycles. The molecule has 0 saturated carbocycles. The van der Waals surface area contributed by atoms with E-state index in [0.717, 1.165) is 53.8 Å². The number of rotatable bonds is 3. The minimum atomic E-state index is -0.0470. The first kappa shape index (κ1) is 23.1. The molecule has 8 heteroatoms. The topological polar surface area (TPSA) is 72.5 Å². The Labute approximate surface area is 193 Å². The van der Waals surface area contributed by atoms with Gasteiger partial charge in [0, 0.05) is 17.0 Å². The fraction of sp³-hybridized carbons (Fsp3) is 0.304. The number of ether oxygens (including phenoxy) is 2. The van der Waals surface area contributed by atoms with Crippen LogP contribution in [0.25, 0.3) is 22.2 Å². The lowest BCUT2D eigenvalue weighted by Gasteiger charge is -2.24. The van der Waals surface area contributed by atoms with Gasteiger partial charge in [-0.05, 0) is 56.3 Å². The van der Waals surface area contributed by atoms with Crippen LogP contribution in [0.3, 0.4) is 0 Å². The van der Waals surface area contributed by atoms with Crippen molar-refractivity contribution in [2.24, 2.45) is 0 Å². The van der Waals surface area contributed by atoms with Gasteiger partial charge in [0.05, 0.1) is 16.8 Å². The highest BCUT2D eigenvalue weighted by atomic mass is 35.5. The van der Waals surface area contributed by atoms with E-state index in [4.69, 9.17) is 14.5 Å². The second-order valence-electron chi connectivity index (χ2n) is 7.43. The minimum Gasteiger partial charge on any atom is -0.486 e. The Morgan fingerprint density at radius 3 is 2.52 bits per heavy atom. The molecular weight excluding hydrogens is 437 g/mol. The monoisotopic (exact) mass is 461 g/mol. The van der Waals surface area contributed by atoms with E-state index < -0.39 is 0 Å². The number of nitrogens with one attached hydrogen (secondary N) is 2. The molecule has 3 heterocycles. The van der Waals surface area contributed by atoms with Crippen LogP contribution >= 0.6 is 24.8 Å². The zero-order valence-corrected chi connectivity index (χ0v) is 18.6. The van der Waals surface area contributed by atoms with Crippen LogP contribution in [0.1, 0.15) is 23.2 Å². The summed E-state index contributed by atoms with van der Waals surface area (Å²) in [5.74, 6) is 1.41. The molecule has 2 N–H and O–H groups in total. The Bertz CT molecular complexity index is 1070. The number of carbonyl (C=O) groups is 1. The fourth-order valence-corrected chi connectivity index (χ4v) is 3.94. The van der Waals surface area contributed by atoms with Gasteiger partial charge in [0.25, 0.3) is 5.91 Å². The minimum absolute atomic E-state index is 0. The Morgan fingerprint density at radius 2 is 1.71 bits per heavy atom. The summed E-state index contributed by atoms with van der Waals surface area (Å²) in [6.45, 7) is 2.96. The van der Waals surface area contributed by atoms with E-state index in [1.54, 1.807) is 0 Å². The van der Waals surface area contributed by atoms with Crippen LogP contribution < -0.4 is 20.1 Å². The highest BCUT2D eigenvalue weighted by Gasteiger charge is 2.20. The van der Waals surface area contributed by atoms with Gasteiger partial charge in [0.1, 0.15) is 13.2 Å². The number of piperidine rings is 1. The number of amides is 1. The smallest absolute Gasteiger partial charge is 0.252 e. The van der Waals surface area contributed by atoms with Gasteiger partial charge >= 0.3 is 0 Å². The van der Waals surface area contributed by atoms with E-state index in [2.05, 4.69) is 10.6 Å². The number of pyridine rings is 1. The van der Waals surface area contributed by atoms with E-state index in [1.807, 2.05) is 48.5 Å². The first-order chi connectivity index (χ1) is 14.3. The summed E-state index contributed by atoms with van der Waals surface area (Å²) >= 11 is 0. The molecule has 1 aromatic heterocycles. The molecule has 31 heavy (non-hydrogen) atoms. The second-order valence-corrected chi connectivity index (χ2v) is 7.43. The van der Waals surface area contributed by atoms with Crippen molar-refractivity contribution < 1.29 is 14.3 Å². The summed E-state index contributed by atoms with van der Waals surface area (Å²) in [6, 6.07) is 15.6. The van der Waals surface area contributed by atoms with Gasteiger partial charge in [-0.3, -0.25) is 4.79 Å². The first-order valence-electron chi connectivity index (χ1n) is 10.1. The molecule has 0 bridgehead atoms. The first-order valence-corrected chi connectivity index (χ1v) is 10.1. The maximum Gasteiger partial charge on any atom is 0.252 e. The SMILES string of the molecule is Cl.Cl.O=C(NC1CCNCC1)c1cc(-c2ccc3c(c2)OCCO3)nc2ccccc12. The van der Waals surface area contributed by atoms with Crippen LogP contribution in [0.4, 0.5) is 0 Å². The molecule has 1 saturated heterocycles. The van der Waals surface area contributed by atoms with E-state index in [1.165, 1.54) is 0 Å². The number of fused-ring (bicyclic) bond motifs is 2. The fourth-order valence-electron chi connectivity index (χ4n) is 3.94. The molecule has 0 unspecified atom stereocenters. The molecule has 2 aliphatic rings. The summed E-state index contributed by atoms with van der Waals surface area (Å²) < 4.78 is 11.3. The largest absolute Gasteiger partial charge is 0.486 e. The molecular formula is C23H25Cl2N3O3. The van der Waals surface area contributed by atoms with Crippen molar-refractivity contribution in [1.29, 1.82) is 0 Å². The number of aromatic nitrogens is 1. The van der Waals surface area contributed by atoms with Gasteiger partial charge in [-0.25, -0.2) is 4.98 Å². The van der Waals surface area contributed by atoms with E-state index in [-0.39, 0.29) is 36.8 Å². The molecule has 164 valence electrons.